The molecular formula is C14H26N2O4. The summed E-state index contributed by atoms with van der Waals surface area (Å²) in [6.07, 6.45) is 1.49. The lowest BCUT2D eigenvalue weighted by Crippen LogP contribution is -2.46. The van der Waals surface area contributed by atoms with Gasteiger partial charge in [-0.3, -0.25) is 4.79 Å². The molecule has 2 unspecified atom stereocenters. The van der Waals surface area contributed by atoms with E-state index in [4.69, 9.17) is 9.84 Å². The number of rotatable bonds is 5. The monoisotopic (exact) mass is 286 g/mol. The average Bonchev–Trinajstić information content (AvgIpc) is 2.73. The Hall–Kier alpha value is -1.30. The summed E-state index contributed by atoms with van der Waals surface area (Å²) in [5, 5.41) is 11.8. The molecule has 6 nitrogen and oxygen atoms in total. The SMILES string of the molecule is COC1CCN(C(=O)NC(CC(=O)O)CC(C)(C)C)C1. The van der Waals surface area contributed by atoms with Gasteiger partial charge in [-0.2, -0.15) is 0 Å². The number of likely N-dealkylation sites (tertiary alicyclic amines) is 1. The lowest BCUT2D eigenvalue weighted by Gasteiger charge is -2.27. The van der Waals surface area contributed by atoms with E-state index in [1.807, 2.05) is 20.8 Å². The molecule has 0 aromatic rings. The zero-order valence-electron chi connectivity index (χ0n) is 12.8. The van der Waals surface area contributed by atoms with Crippen LogP contribution in [0.25, 0.3) is 0 Å². The first-order valence-corrected chi connectivity index (χ1v) is 7.01. The van der Waals surface area contributed by atoms with Crippen LogP contribution in [0.5, 0.6) is 0 Å². The molecule has 0 radical (unpaired) electrons. The van der Waals surface area contributed by atoms with Crippen molar-refractivity contribution in [1.82, 2.24) is 10.2 Å². The lowest BCUT2D eigenvalue weighted by atomic mass is 9.87. The second-order valence-corrected chi connectivity index (χ2v) is 6.60. The van der Waals surface area contributed by atoms with E-state index in [0.29, 0.717) is 19.5 Å². The molecule has 0 spiro atoms. The Balaban J connectivity index is 2.55. The number of nitrogens with one attached hydrogen (secondary N) is 1. The molecule has 0 aromatic carbocycles. The van der Waals surface area contributed by atoms with Crippen LogP contribution in [0.4, 0.5) is 4.79 Å². The van der Waals surface area contributed by atoms with Crippen molar-refractivity contribution in [2.24, 2.45) is 5.41 Å². The topological polar surface area (TPSA) is 78.9 Å². The molecule has 6 heteroatoms. The number of hydrogen-bond donors (Lipinski definition) is 2. The van der Waals surface area contributed by atoms with Gasteiger partial charge >= 0.3 is 12.0 Å². The van der Waals surface area contributed by atoms with Crippen LogP contribution in [0.15, 0.2) is 0 Å². The van der Waals surface area contributed by atoms with E-state index < -0.39 is 5.97 Å². The number of carbonyl (C=O) groups is 2. The van der Waals surface area contributed by atoms with Crippen LogP contribution < -0.4 is 5.32 Å². The van der Waals surface area contributed by atoms with Crippen LogP contribution in [-0.4, -0.2) is 54.4 Å². The highest BCUT2D eigenvalue weighted by Gasteiger charge is 2.29. The number of methoxy groups -OCH3 is 1. The van der Waals surface area contributed by atoms with Crippen molar-refractivity contribution in [1.29, 1.82) is 0 Å². The minimum absolute atomic E-state index is 0.0343. The fraction of sp³-hybridized carbons (Fsp3) is 0.857. The minimum Gasteiger partial charge on any atom is -0.481 e. The molecule has 0 saturated carbocycles. The molecular weight excluding hydrogens is 260 g/mol. The van der Waals surface area contributed by atoms with Crippen molar-refractivity contribution in [2.75, 3.05) is 20.2 Å². The van der Waals surface area contributed by atoms with Crippen molar-refractivity contribution in [2.45, 2.75) is 52.2 Å². The van der Waals surface area contributed by atoms with E-state index in [9.17, 15) is 9.59 Å². The predicted octanol–water partition coefficient (Wildman–Crippen LogP) is 1.70. The van der Waals surface area contributed by atoms with Crippen LogP contribution in [0.3, 0.4) is 0 Å². The van der Waals surface area contributed by atoms with Crippen molar-refractivity contribution in [3.63, 3.8) is 0 Å². The summed E-state index contributed by atoms with van der Waals surface area (Å²) in [7, 11) is 1.64. The Morgan fingerprint density at radius 2 is 2.10 bits per heavy atom. The maximum Gasteiger partial charge on any atom is 0.317 e. The van der Waals surface area contributed by atoms with E-state index in [2.05, 4.69) is 5.32 Å². The fourth-order valence-electron chi connectivity index (χ4n) is 2.50. The van der Waals surface area contributed by atoms with Gasteiger partial charge < -0.3 is 20.1 Å². The third-order valence-electron chi connectivity index (χ3n) is 3.37. The highest BCUT2D eigenvalue weighted by atomic mass is 16.5. The number of carbonyl (C=O) groups excluding carboxylic acids is 1. The zero-order valence-corrected chi connectivity index (χ0v) is 12.8. The number of carboxylic acids is 1. The normalized spacial score (nSPS) is 20.8. The second-order valence-electron chi connectivity index (χ2n) is 6.60. The summed E-state index contributed by atoms with van der Waals surface area (Å²) in [5.74, 6) is -0.893. The third kappa shape index (κ3) is 5.77. The highest BCUT2D eigenvalue weighted by molar-refractivity contribution is 5.76. The summed E-state index contributed by atoms with van der Waals surface area (Å²) in [5.41, 5.74) is -0.0343. The van der Waals surface area contributed by atoms with Crippen molar-refractivity contribution in [3.8, 4) is 0 Å². The maximum atomic E-state index is 12.2. The maximum absolute atomic E-state index is 12.2. The molecule has 1 heterocycles. The molecule has 116 valence electrons. The molecule has 1 rings (SSSR count). The lowest BCUT2D eigenvalue weighted by molar-refractivity contribution is -0.137. The van der Waals surface area contributed by atoms with Gasteiger partial charge in [0.05, 0.1) is 12.5 Å². The number of urea groups is 1. The van der Waals surface area contributed by atoms with Crippen molar-refractivity contribution >= 4 is 12.0 Å². The van der Waals surface area contributed by atoms with E-state index in [1.165, 1.54) is 0 Å². The Bertz CT molecular complexity index is 352. The fourth-order valence-corrected chi connectivity index (χ4v) is 2.50. The van der Waals surface area contributed by atoms with Crippen LogP contribution in [-0.2, 0) is 9.53 Å². The Kier molecular flexibility index (Phi) is 5.80. The molecule has 1 fully saturated rings. The Morgan fingerprint density at radius 1 is 1.45 bits per heavy atom. The van der Waals surface area contributed by atoms with E-state index >= 15 is 0 Å². The van der Waals surface area contributed by atoms with Crippen LogP contribution in [0, 0.1) is 5.41 Å². The van der Waals surface area contributed by atoms with Gasteiger partial charge in [0.15, 0.2) is 0 Å². The molecule has 0 aromatic heterocycles. The van der Waals surface area contributed by atoms with E-state index in [-0.39, 0.29) is 30.0 Å². The van der Waals surface area contributed by atoms with Crippen LogP contribution in [0.1, 0.15) is 40.0 Å². The number of hydrogen-bond acceptors (Lipinski definition) is 3. The molecule has 1 aliphatic heterocycles. The van der Waals surface area contributed by atoms with E-state index in [0.717, 1.165) is 6.42 Å². The quantitative estimate of drug-likeness (QED) is 0.806. The summed E-state index contributed by atoms with van der Waals surface area (Å²) in [4.78, 5) is 24.7. The number of amides is 2. The van der Waals surface area contributed by atoms with Crippen LogP contribution in [0.2, 0.25) is 0 Å². The standard InChI is InChI=1S/C14H26N2O4/c1-14(2,3)8-10(7-12(17)18)15-13(19)16-6-5-11(9-16)20-4/h10-11H,5-9H2,1-4H3,(H,15,19)(H,17,18). The first-order valence-electron chi connectivity index (χ1n) is 7.01. The molecule has 1 aliphatic rings. The summed E-state index contributed by atoms with van der Waals surface area (Å²) in [6, 6.07) is -0.540. The number of carboxylic acid groups (broad SMARTS) is 1. The Morgan fingerprint density at radius 3 is 2.55 bits per heavy atom. The number of ether oxygens (including phenoxy) is 1. The molecule has 2 atom stereocenters. The van der Waals surface area contributed by atoms with Gasteiger partial charge in [-0.05, 0) is 18.3 Å². The van der Waals surface area contributed by atoms with Crippen molar-refractivity contribution < 1.29 is 19.4 Å². The molecule has 1 saturated heterocycles. The number of aliphatic carboxylic acids is 1. The minimum atomic E-state index is -0.893. The summed E-state index contributed by atoms with van der Waals surface area (Å²) in [6.45, 7) is 7.32. The third-order valence-corrected chi connectivity index (χ3v) is 3.37. The van der Waals surface area contributed by atoms with E-state index in [1.54, 1.807) is 12.0 Å². The zero-order chi connectivity index (χ0) is 15.3. The van der Waals surface area contributed by atoms with Gasteiger partial charge in [-0.15, -0.1) is 0 Å². The van der Waals surface area contributed by atoms with Gasteiger partial charge in [-0.1, -0.05) is 20.8 Å². The molecule has 2 N–H and O–H groups in total. The Labute approximate surface area is 120 Å². The molecule has 2 amide bonds. The predicted molar refractivity (Wildman–Crippen MR) is 75.6 cm³/mol. The largest absolute Gasteiger partial charge is 0.481 e. The average molecular weight is 286 g/mol. The van der Waals surface area contributed by atoms with Crippen LogP contribution >= 0.6 is 0 Å². The van der Waals surface area contributed by atoms with Gasteiger partial charge in [-0.25, -0.2) is 4.79 Å². The van der Waals surface area contributed by atoms with Gasteiger partial charge in [0.1, 0.15) is 0 Å². The second kappa shape index (κ2) is 6.92. The smallest absolute Gasteiger partial charge is 0.317 e. The van der Waals surface area contributed by atoms with Crippen molar-refractivity contribution in [3.05, 3.63) is 0 Å². The molecule has 0 aliphatic carbocycles. The highest BCUT2D eigenvalue weighted by Crippen LogP contribution is 2.22. The summed E-state index contributed by atoms with van der Waals surface area (Å²) >= 11 is 0. The van der Waals surface area contributed by atoms with Gasteiger partial charge in [0, 0.05) is 26.2 Å². The van der Waals surface area contributed by atoms with Gasteiger partial charge in [0.25, 0.3) is 0 Å². The molecule has 20 heavy (non-hydrogen) atoms. The number of nitrogens with zero attached hydrogens (tertiary/aromatic N) is 1. The first kappa shape index (κ1) is 16.8. The molecule has 0 bridgehead atoms. The first-order chi connectivity index (χ1) is 9.21. The van der Waals surface area contributed by atoms with Gasteiger partial charge in [0.2, 0.25) is 0 Å². The summed E-state index contributed by atoms with van der Waals surface area (Å²) < 4.78 is 5.23.